The SMILES string of the molecule is CC1=CC(=O)C=C2CC[C@H]3[C@@H]4[C@@H](C(O)C(C)O)CC(=O)[C@@]4(C)CC[C@@H]3[C@@]12C. The van der Waals surface area contributed by atoms with Crippen molar-refractivity contribution in [2.75, 3.05) is 0 Å². The number of fused-ring (bicyclic) bond motifs is 5. The van der Waals surface area contributed by atoms with Crippen LogP contribution in [0.5, 0.6) is 0 Å². The number of aliphatic hydroxyl groups excluding tert-OH is 2. The predicted molar refractivity (Wildman–Crippen MR) is 103 cm³/mol. The molecule has 0 aromatic heterocycles. The number of hydrogen-bond donors (Lipinski definition) is 2. The number of carbonyl (C=O) groups excluding carboxylic acids is 2. The van der Waals surface area contributed by atoms with E-state index in [-0.39, 0.29) is 34.2 Å². The van der Waals surface area contributed by atoms with Crippen molar-refractivity contribution in [1.82, 2.24) is 0 Å². The molecule has 4 rings (SSSR count). The molecule has 0 bridgehead atoms. The van der Waals surface area contributed by atoms with E-state index in [0.29, 0.717) is 18.3 Å². The van der Waals surface area contributed by atoms with Crippen molar-refractivity contribution in [2.24, 2.45) is 34.5 Å². The Hall–Kier alpha value is -1.26. The molecule has 0 heterocycles. The van der Waals surface area contributed by atoms with E-state index in [1.54, 1.807) is 13.0 Å². The first kappa shape index (κ1) is 19.1. The molecule has 2 N–H and O–H groups in total. The Morgan fingerprint density at radius 3 is 2.52 bits per heavy atom. The van der Waals surface area contributed by atoms with E-state index in [1.165, 1.54) is 5.57 Å². The predicted octanol–water partition coefficient (Wildman–Crippen LogP) is 3.22. The zero-order chi connectivity index (χ0) is 19.7. The second kappa shape index (κ2) is 6.12. The smallest absolute Gasteiger partial charge is 0.178 e. The van der Waals surface area contributed by atoms with Crippen molar-refractivity contribution in [3.05, 3.63) is 23.3 Å². The Labute approximate surface area is 161 Å². The quantitative estimate of drug-likeness (QED) is 0.780. The molecule has 0 saturated heterocycles. The summed E-state index contributed by atoms with van der Waals surface area (Å²) in [6.07, 6.45) is 5.97. The van der Waals surface area contributed by atoms with Gasteiger partial charge in [0.1, 0.15) is 5.78 Å². The minimum absolute atomic E-state index is 0.0949. The summed E-state index contributed by atoms with van der Waals surface area (Å²) in [5.74, 6) is 1.02. The highest BCUT2D eigenvalue weighted by molar-refractivity contribution is 6.02. The highest BCUT2D eigenvalue weighted by Gasteiger charge is 2.63. The molecule has 148 valence electrons. The van der Waals surface area contributed by atoms with E-state index in [4.69, 9.17) is 0 Å². The van der Waals surface area contributed by atoms with Crippen LogP contribution in [0.1, 0.15) is 59.8 Å². The highest BCUT2D eigenvalue weighted by atomic mass is 16.3. The lowest BCUT2D eigenvalue weighted by molar-refractivity contribution is -0.133. The Balaban J connectivity index is 1.76. The summed E-state index contributed by atoms with van der Waals surface area (Å²) in [4.78, 5) is 25.0. The standard InChI is InChI=1S/C23H32O4/c1-12-9-15(25)10-14-5-6-16-18(23(12,14)4)7-8-22(3)19(26)11-17(20(16)22)21(27)13(2)24/h9-10,13,16-18,20-21,24,27H,5-8,11H2,1-4H3/t13?,16-,17+,18+,20-,21?,22-,23+/m1/s1. The third kappa shape index (κ3) is 2.49. The largest absolute Gasteiger partial charge is 0.391 e. The topological polar surface area (TPSA) is 74.6 Å². The van der Waals surface area contributed by atoms with Crippen LogP contribution in [0.4, 0.5) is 0 Å². The summed E-state index contributed by atoms with van der Waals surface area (Å²) >= 11 is 0. The zero-order valence-corrected chi connectivity index (χ0v) is 16.9. The minimum Gasteiger partial charge on any atom is -0.391 e. The lowest BCUT2D eigenvalue weighted by atomic mass is 9.46. The summed E-state index contributed by atoms with van der Waals surface area (Å²) in [5.41, 5.74) is 1.88. The molecular formula is C23H32O4. The normalized spacial score (nSPS) is 46.0. The lowest BCUT2D eigenvalue weighted by Gasteiger charge is -2.58. The lowest BCUT2D eigenvalue weighted by Crippen LogP contribution is -2.53. The molecular weight excluding hydrogens is 340 g/mol. The van der Waals surface area contributed by atoms with Gasteiger partial charge < -0.3 is 10.2 Å². The first-order valence-corrected chi connectivity index (χ1v) is 10.4. The van der Waals surface area contributed by atoms with Gasteiger partial charge in [0.2, 0.25) is 0 Å². The number of hydrogen-bond acceptors (Lipinski definition) is 4. The highest BCUT2D eigenvalue weighted by Crippen LogP contribution is 2.66. The van der Waals surface area contributed by atoms with Gasteiger partial charge in [0.05, 0.1) is 12.2 Å². The molecule has 0 amide bonds. The van der Waals surface area contributed by atoms with Gasteiger partial charge in [-0.05, 0) is 75.4 Å². The van der Waals surface area contributed by atoms with Gasteiger partial charge in [-0.2, -0.15) is 0 Å². The van der Waals surface area contributed by atoms with Crippen molar-refractivity contribution in [2.45, 2.75) is 72.0 Å². The summed E-state index contributed by atoms with van der Waals surface area (Å²) in [6.45, 7) is 8.05. The zero-order valence-electron chi connectivity index (χ0n) is 16.9. The van der Waals surface area contributed by atoms with Crippen LogP contribution >= 0.6 is 0 Å². The Bertz CT molecular complexity index is 747. The fourth-order valence-electron chi connectivity index (χ4n) is 7.20. The van der Waals surface area contributed by atoms with Gasteiger partial charge >= 0.3 is 0 Å². The van der Waals surface area contributed by atoms with Gasteiger partial charge in [0.15, 0.2) is 5.78 Å². The minimum atomic E-state index is -0.853. The van der Waals surface area contributed by atoms with E-state index in [1.807, 2.05) is 6.08 Å². The number of allylic oxidation sites excluding steroid dienone is 4. The third-order valence-corrected chi connectivity index (χ3v) is 8.79. The van der Waals surface area contributed by atoms with E-state index >= 15 is 0 Å². The first-order valence-electron chi connectivity index (χ1n) is 10.4. The molecule has 4 nitrogen and oxygen atoms in total. The summed E-state index contributed by atoms with van der Waals surface area (Å²) in [5, 5.41) is 20.7. The maximum absolute atomic E-state index is 13.0. The van der Waals surface area contributed by atoms with E-state index in [0.717, 1.165) is 31.3 Å². The Morgan fingerprint density at radius 2 is 1.85 bits per heavy atom. The molecule has 4 aliphatic carbocycles. The van der Waals surface area contributed by atoms with Gasteiger partial charge in [0, 0.05) is 17.3 Å². The van der Waals surface area contributed by atoms with Crippen LogP contribution < -0.4 is 0 Å². The molecule has 3 fully saturated rings. The molecule has 2 unspecified atom stereocenters. The number of ketones is 2. The molecule has 0 aromatic rings. The summed E-state index contributed by atoms with van der Waals surface area (Å²) < 4.78 is 0. The number of carbonyl (C=O) groups is 2. The van der Waals surface area contributed by atoms with Crippen molar-refractivity contribution in [3.8, 4) is 0 Å². The molecule has 0 radical (unpaired) electrons. The van der Waals surface area contributed by atoms with Gasteiger partial charge in [-0.15, -0.1) is 0 Å². The molecule has 27 heavy (non-hydrogen) atoms. The Kier molecular flexibility index (Phi) is 4.32. The van der Waals surface area contributed by atoms with Crippen LogP contribution in [-0.4, -0.2) is 34.0 Å². The molecule has 4 aliphatic rings. The summed E-state index contributed by atoms with van der Waals surface area (Å²) in [6, 6.07) is 0. The summed E-state index contributed by atoms with van der Waals surface area (Å²) in [7, 11) is 0. The number of Topliss-reactive ketones (excluding diaryl/α,β-unsaturated/α-hetero) is 1. The third-order valence-electron chi connectivity index (χ3n) is 8.79. The van der Waals surface area contributed by atoms with E-state index in [9.17, 15) is 19.8 Å². The maximum atomic E-state index is 13.0. The molecule has 0 spiro atoms. The molecule has 4 heteroatoms. The molecule has 0 aromatic carbocycles. The van der Waals surface area contributed by atoms with Crippen LogP contribution in [0.25, 0.3) is 0 Å². The van der Waals surface area contributed by atoms with Crippen LogP contribution in [-0.2, 0) is 9.59 Å². The average Bonchev–Trinajstić information content (AvgIpc) is 2.87. The van der Waals surface area contributed by atoms with Gasteiger partial charge in [-0.1, -0.05) is 25.0 Å². The second-order valence-electron chi connectivity index (χ2n) is 9.91. The van der Waals surface area contributed by atoms with Crippen molar-refractivity contribution >= 4 is 11.6 Å². The number of rotatable bonds is 2. The monoisotopic (exact) mass is 372 g/mol. The van der Waals surface area contributed by atoms with Crippen LogP contribution in [0.15, 0.2) is 23.3 Å². The van der Waals surface area contributed by atoms with Crippen LogP contribution in [0.2, 0.25) is 0 Å². The van der Waals surface area contributed by atoms with Gasteiger partial charge in [-0.3, -0.25) is 9.59 Å². The van der Waals surface area contributed by atoms with Crippen molar-refractivity contribution in [3.63, 3.8) is 0 Å². The fraction of sp³-hybridized carbons (Fsp3) is 0.739. The first-order chi connectivity index (χ1) is 12.6. The molecule has 8 atom stereocenters. The van der Waals surface area contributed by atoms with Crippen molar-refractivity contribution < 1.29 is 19.8 Å². The molecule has 0 aliphatic heterocycles. The number of aliphatic hydroxyl groups is 2. The Morgan fingerprint density at radius 1 is 1.15 bits per heavy atom. The van der Waals surface area contributed by atoms with E-state index in [2.05, 4.69) is 20.8 Å². The average molecular weight is 373 g/mol. The van der Waals surface area contributed by atoms with Crippen LogP contribution in [0.3, 0.4) is 0 Å². The van der Waals surface area contributed by atoms with Crippen LogP contribution in [0, 0.1) is 34.5 Å². The fourth-order valence-corrected chi connectivity index (χ4v) is 7.20. The van der Waals surface area contributed by atoms with Gasteiger partial charge in [0.25, 0.3) is 0 Å². The second-order valence-corrected chi connectivity index (χ2v) is 9.91. The van der Waals surface area contributed by atoms with Gasteiger partial charge in [-0.25, -0.2) is 0 Å². The molecule has 3 saturated carbocycles. The van der Waals surface area contributed by atoms with Crippen molar-refractivity contribution in [1.29, 1.82) is 0 Å². The maximum Gasteiger partial charge on any atom is 0.178 e. The van der Waals surface area contributed by atoms with E-state index < -0.39 is 12.2 Å².